The fraction of sp³-hybridized carbons (Fsp3) is 1.00. The Bertz CT molecular complexity index is 163. The van der Waals surface area contributed by atoms with E-state index in [1.54, 1.807) is 0 Å². The van der Waals surface area contributed by atoms with Gasteiger partial charge in [0.25, 0.3) is 0 Å². The Morgan fingerprint density at radius 1 is 1.33 bits per heavy atom. The SMILES string of the molecule is CC(Br)(N=[N+]=[N-])N=[N+]=[N-]. The summed E-state index contributed by atoms with van der Waals surface area (Å²) in [4.78, 5) is 4.88. The van der Waals surface area contributed by atoms with Crippen LogP contribution in [0.25, 0.3) is 20.9 Å². The second-order valence-electron chi connectivity index (χ2n) is 1.28. The molecule has 0 fully saturated rings. The van der Waals surface area contributed by atoms with E-state index in [0.29, 0.717) is 0 Å². The standard InChI is InChI=1S/C2H3BrN6/c1-2(3,6-8-4)7-9-5/h1H3. The molecule has 0 atom stereocenters. The van der Waals surface area contributed by atoms with Crippen molar-refractivity contribution < 1.29 is 0 Å². The number of rotatable bonds is 2. The minimum Gasteiger partial charge on any atom is -0.0732 e. The van der Waals surface area contributed by atoms with Crippen LogP contribution in [0.3, 0.4) is 0 Å². The minimum absolute atomic E-state index is 1.17. The van der Waals surface area contributed by atoms with E-state index < -0.39 is 4.57 Å². The van der Waals surface area contributed by atoms with Gasteiger partial charge in [-0.3, -0.25) is 0 Å². The number of hydrogen-bond acceptors (Lipinski definition) is 2. The van der Waals surface area contributed by atoms with Gasteiger partial charge in [-0.2, -0.15) is 0 Å². The molecule has 0 rings (SSSR count). The molecule has 0 spiro atoms. The molecular weight excluding hydrogens is 188 g/mol. The van der Waals surface area contributed by atoms with Gasteiger partial charge in [0.2, 0.25) is 0 Å². The second kappa shape index (κ2) is 3.19. The maximum atomic E-state index is 7.87. The molecule has 0 aliphatic heterocycles. The largest absolute Gasteiger partial charge is 0.179 e. The highest BCUT2D eigenvalue weighted by Gasteiger charge is 2.13. The number of alkyl halides is 1. The third kappa shape index (κ3) is 3.66. The quantitative estimate of drug-likeness (QED) is 0.211. The van der Waals surface area contributed by atoms with Crippen LogP contribution >= 0.6 is 15.9 Å². The molecule has 6 nitrogen and oxygen atoms in total. The molecule has 0 aromatic heterocycles. The van der Waals surface area contributed by atoms with Gasteiger partial charge >= 0.3 is 0 Å². The molecular formula is C2H3BrN6. The summed E-state index contributed by atoms with van der Waals surface area (Å²) < 4.78 is -1.17. The zero-order valence-corrected chi connectivity index (χ0v) is 6.15. The lowest BCUT2D eigenvalue weighted by molar-refractivity contribution is 0.721. The molecule has 7 heteroatoms. The lowest BCUT2D eigenvalue weighted by atomic mass is 10.6. The predicted octanol–water partition coefficient (Wildman–Crippen LogP) is 2.68. The molecule has 0 unspecified atom stereocenters. The zero-order chi connectivity index (χ0) is 7.33. The van der Waals surface area contributed by atoms with Gasteiger partial charge < -0.3 is 0 Å². The molecule has 0 N–H and O–H groups in total. The number of nitrogens with zero attached hydrogens (tertiary/aromatic N) is 6. The number of azide groups is 1. The van der Waals surface area contributed by atoms with Crippen LogP contribution < -0.4 is 0 Å². The van der Waals surface area contributed by atoms with Gasteiger partial charge in [-0.05, 0) is 18.0 Å². The Morgan fingerprint density at radius 3 is 1.89 bits per heavy atom. The third-order valence-corrected chi connectivity index (χ3v) is 0.772. The molecule has 0 saturated carbocycles. The third-order valence-electron chi connectivity index (χ3n) is 0.454. The Morgan fingerprint density at radius 2 is 1.67 bits per heavy atom. The zero-order valence-electron chi connectivity index (χ0n) is 4.56. The van der Waals surface area contributed by atoms with Crippen LogP contribution in [0.4, 0.5) is 0 Å². The number of halogens is 1. The summed E-state index contributed by atoms with van der Waals surface area (Å²) >= 11 is 2.86. The molecule has 0 radical (unpaired) electrons. The van der Waals surface area contributed by atoms with E-state index in [2.05, 4.69) is 36.0 Å². The average Bonchev–Trinajstić information content (AvgIpc) is 1.64. The van der Waals surface area contributed by atoms with Crippen molar-refractivity contribution in [1.29, 1.82) is 0 Å². The highest BCUT2D eigenvalue weighted by molar-refractivity contribution is 9.10. The van der Waals surface area contributed by atoms with E-state index in [9.17, 15) is 0 Å². The summed E-state index contributed by atoms with van der Waals surface area (Å²) in [5.74, 6) is 0. The van der Waals surface area contributed by atoms with Crippen LogP contribution in [0, 0.1) is 0 Å². The molecule has 0 aromatic carbocycles. The van der Waals surface area contributed by atoms with Crippen molar-refractivity contribution >= 4 is 15.9 Å². The fourth-order valence-corrected chi connectivity index (χ4v) is 0.325. The van der Waals surface area contributed by atoms with Crippen molar-refractivity contribution in [1.82, 2.24) is 0 Å². The summed E-state index contributed by atoms with van der Waals surface area (Å²) in [6, 6.07) is 0. The van der Waals surface area contributed by atoms with E-state index >= 15 is 0 Å². The second-order valence-corrected chi connectivity index (χ2v) is 2.79. The Hall–Kier alpha value is -0.900. The van der Waals surface area contributed by atoms with Crippen LogP contribution in [0.15, 0.2) is 10.2 Å². The first-order valence-electron chi connectivity index (χ1n) is 1.94. The number of hydrogen-bond donors (Lipinski definition) is 0. The molecule has 0 aromatic rings. The van der Waals surface area contributed by atoms with E-state index in [1.807, 2.05) is 0 Å². The van der Waals surface area contributed by atoms with Crippen LogP contribution in [-0.4, -0.2) is 4.57 Å². The van der Waals surface area contributed by atoms with Gasteiger partial charge in [0, 0.05) is 9.82 Å². The van der Waals surface area contributed by atoms with Crippen molar-refractivity contribution in [3.8, 4) is 0 Å². The van der Waals surface area contributed by atoms with E-state index in [4.69, 9.17) is 11.1 Å². The molecule has 0 bridgehead atoms. The van der Waals surface area contributed by atoms with Crippen molar-refractivity contribution in [3.63, 3.8) is 0 Å². The monoisotopic (exact) mass is 190 g/mol. The van der Waals surface area contributed by atoms with Crippen molar-refractivity contribution in [3.05, 3.63) is 20.9 Å². The first-order valence-corrected chi connectivity index (χ1v) is 2.73. The van der Waals surface area contributed by atoms with Gasteiger partial charge in [0.15, 0.2) is 4.57 Å². The lowest BCUT2D eigenvalue weighted by Gasteiger charge is -2.03. The first-order chi connectivity index (χ1) is 4.12. The predicted molar refractivity (Wildman–Crippen MR) is 35.6 cm³/mol. The fourth-order valence-electron chi connectivity index (χ4n) is 0.183. The summed E-state index contributed by atoms with van der Waals surface area (Å²) in [6.07, 6.45) is 0. The van der Waals surface area contributed by atoms with Gasteiger partial charge in [-0.15, -0.1) is 0 Å². The van der Waals surface area contributed by atoms with Gasteiger partial charge in [-0.1, -0.05) is 26.2 Å². The molecule has 0 aliphatic rings. The maximum Gasteiger partial charge on any atom is 0.179 e. The smallest absolute Gasteiger partial charge is 0.0732 e. The highest BCUT2D eigenvalue weighted by atomic mass is 79.9. The van der Waals surface area contributed by atoms with Crippen LogP contribution in [0.1, 0.15) is 6.92 Å². The van der Waals surface area contributed by atoms with E-state index in [1.165, 1.54) is 6.92 Å². The Balaban J connectivity index is 4.36. The minimum atomic E-state index is -1.17. The molecule has 0 saturated heterocycles. The topological polar surface area (TPSA) is 97.5 Å². The lowest BCUT2D eigenvalue weighted by Crippen LogP contribution is -2.03. The molecule has 9 heavy (non-hydrogen) atoms. The van der Waals surface area contributed by atoms with Gasteiger partial charge in [0.1, 0.15) is 0 Å². The van der Waals surface area contributed by atoms with Crippen molar-refractivity contribution in [2.45, 2.75) is 11.5 Å². The molecule has 0 heterocycles. The molecule has 48 valence electrons. The summed E-state index contributed by atoms with van der Waals surface area (Å²) in [6.45, 7) is 1.44. The Labute approximate surface area is 59.2 Å². The van der Waals surface area contributed by atoms with Gasteiger partial charge in [0.05, 0.1) is 0 Å². The van der Waals surface area contributed by atoms with Gasteiger partial charge in [-0.25, -0.2) is 0 Å². The average molecular weight is 191 g/mol. The summed E-state index contributed by atoms with van der Waals surface area (Å²) in [5, 5.41) is 6.25. The van der Waals surface area contributed by atoms with E-state index in [-0.39, 0.29) is 0 Å². The normalized spacial score (nSPS) is 14.4. The molecule has 0 aliphatic carbocycles. The highest BCUT2D eigenvalue weighted by Crippen LogP contribution is 2.20. The summed E-state index contributed by atoms with van der Waals surface area (Å²) in [5.41, 5.74) is 15.7. The summed E-state index contributed by atoms with van der Waals surface area (Å²) in [7, 11) is 0. The maximum absolute atomic E-state index is 7.87. The first kappa shape index (κ1) is 8.10. The molecule has 0 amide bonds. The van der Waals surface area contributed by atoms with Crippen molar-refractivity contribution in [2.24, 2.45) is 10.2 Å². The van der Waals surface area contributed by atoms with Crippen LogP contribution in [0.2, 0.25) is 0 Å². The Kier molecular flexibility index (Phi) is 2.87. The van der Waals surface area contributed by atoms with Crippen molar-refractivity contribution in [2.75, 3.05) is 0 Å². The van der Waals surface area contributed by atoms with Crippen LogP contribution in [0.5, 0.6) is 0 Å². The van der Waals surface area contributed by atoms with E-state index in [0.717, 1.165) is 0 Å². The van der Waals surface area contributed by atoms with Crippen LogP contribution in [-0.2, 0) is 0 Å².